The molecular formula is C27H52. The SMILES string of the molecule is CCC(CCCCCCC(C)CCC(C)C1CCCCC1)C1CCCCC1. The summed E-state index contributed by atoms with van der Waals surface area (Å²) in [5.41, 5.74) is 0. The zero-order valence-electron chi connectivity index (χ0n) is 19.3. The Labute approximate surface area is 172 Å². The molecule has 0 amide bonds. The van der Waals surface area contributed by atoms with Crippen molar-refractivity contribution in [2.75, 3.05) is 0 Å². The van der Waals surface area contributed by atoms with E-state index in [0.717, 1.165) is 29.6 Å². The molecule has 0 heterocycles. The van der Waals surface area contributed by atoms with Crippen LogP contribution in [0.25, 0.3) is 0 Å². The van der Waals surface area contributed by atoms with Crippen LogP contribution in [0.1, 0.15) is 143 Å². The van der Waals surface area contributed by atoms with Gasteiger partial charge in [-0.05, 0) is 29.6 Å². The van der Waals surface area contributed by atoms with Gasteiger partial charge in [0.15, 0.2) is 0 Å². The molecule has 0 saturated heterocycles. The molecule has 0 nitrogen and oxygen atoms in total. The minimum atomic E-state index is 0.960. The Morgan fingerprint density at radius 3 is 1.74 bits per heavy atom. The molecule has 27 heavy (non-hydrogen) atoms. The van der Waals surface area contributed by atoms with Crippen molar-refractivity contribution in [1.29, 1.82) is 0 Å². The molecule has 0 spiro atoms. The molecule has 2 aliphatic rings. The summed E-state index contributed by atoms with van der Waals surface area (Å²) < 4.78 is 0. The summed E-state index contributed by atoms with van der Waals surface area (Å²) in [5.74, 6) is 5.13. The molecular weight excluding hydrogens is 324 g/mol. The molecule has 160 valence electrons. The lowest BCUT2D eigenvalue weighted by Crippen LogP contribution is -2.17. The second-order valence-corrected chi connectivity index (χ2v) is 10.6. The Balaban J connectivity index is 1.45. The fourth-order valence-corrected chi connectivity index (χ4v) is 6.26. The highest BCUT2D eigenvalue weighted by atomic mass is 14.3. The van der Waals surface area contributed by atoms with E-state index in [2.05, 4.69) is 20.8 Å². The van der Waals surface area contributed by atoms with E-state index in [1.54, 1.807) is 0 Å². The minimum Gasteiger partial charge on any atom is -0.0651 e. The van der Waals surface area contributed by atoms with Crippen LogP contribution in [0.3, 0.4) is 0 Å². The summed E-state index contributed by atoms with van der Waals surface area (Å²) in [5, 5.41) is 0. The van der Waals surface area contributed by atoms with E-state index >= 15 is 0 Å². The van der Waals surface area contributed by atoms with E-state index in [-0.39, 0.29) is 0 Å². The number of rotatable bonds is 13. The van der Waals surface area contributed by atoms with Gasteiger partial charge >= 0.3 is 0 Å². The molecule has 2 fully saturated rings. The molecule has 0 aromatic heterocycles. The van der Waals surface area contributed by atoms with Crippen molar-refractivity contribution in [3.8, 4) is 0 Å². The lowest BCUT2D eigenvalue weighted by Gasteiger charge is -2.29. The molecule has 2 rings (SSSR count). The Morgan fingerprint density at radius 2 is 1.15 bits per heavy atom. The van der Waals surface area contributed by atoms with E-state index in [0.29, 0.717) is 0 Å². The summed E-state index contributed by atoms with van der Waals surface area (Å²) in [6, 6.07) is 0. The number of hydrogen-bond acceptors (Lipinski definition) is 0. The van der Waals surface area contributed by atoms with Crippen molar-refractivity contribution in [2.45, 2.75) is 143 Å². The van der Waals surface area contributed by atoms with Crippen LogP contribution in [-0.2, 0) is 0 Å². The van der Waals surface area contributed by atoms with Crippen molar-refractivity contribution in [3.05, 3.63) is 0 Å². The molecule has 3 atom stereocenters. The van der Waals surface area contributed by atoms with E-state index in [9.17, 15) is 0 Å². The zero-order chi connectivity index (χ0) is 19.3. The van der Waals surface area contributed by atoms with Gasteiger partial charge in [0, 0.05) is 0 Å². The highest BCUT2D eigenvalue weighted by Crippen LogP contribution is 2.35. The van der Waals surface area contributed by atoms with Crippen molar-refractivity contribution < 1.29 is 0 Å². The van der Waals surface area contributed by atoms with Crippen LogP contribution >= 0.6 is 0 Å². The maximum absolute atomic E-state index is 2.54. The highest BCUT2D eigenvalue weighted by Gasteiger charge is 2.22. The summed E-state index contributed by atoms with van der Waals surface area (Å²) in [6.45, 7) is 7.50. The van der Waals surface area contributed by atoms with Crippen molar-refractivity contribution in [1.82, 2.24) is 0 Å². The van der Waals surface area contributed by atoms with E-state index < -0.39 is 0 Å². The molecule has 3 unspecified atom stereocenters. The van der Waals surface area contributed by atoms with Crippen molar-refractivity contribution >= 4 is 0 Å². The van der Waals surface area contributed by atoms with Gasteiger partial charge in [0.05, 0.1) is 0 Å². The summed E-state index contributed by atoms with van der Waals surface area (Å²) >= 11 is 0. The molecule has 0 radical (unpaired) electrons. The normalized spacial score (nSPS) is 23.2. The van der Waals surface area contributed by atoms with Crippen LogP contribution in [0.15, 0.2) is 0 Å². The first-order valence-corrected chi connectivity index (χ1v) is 13.2. The van der Waals surface area contributed by atoms with E-state index in [4.69, 9.17) is 0 Å². The maximum atomic E-state index is 2.54. The monoisotopic (exact) mass is 376 g/mol. The van der Waals surface area contributed by atoms with Crippen LogP contribution in [0.5, 0.6) is 0 Å². The Bertz CT molecular complexity index is 334. The van der Waals surface area contributed by atoms with Gasteiger partial charge < -0.3 is 0 Å². The van der Waals surface area contributed by atoms with Gasteiger partial charge in [-0.15, -0.1) is 0 Å². The van der Waals surface area contributed by atoms with E-state index in [1.807, 2.05) is 0 Å². The van der Waals surface area contributed by atoms with E-state index in [1.165, 1.54) is 122 Å². The van der Waals surface area contributed by atoms with Gasteiger partial charge in [-0.1, -0.05) is 143 Å². The van der Waals surface area contributed by atoms with Crippen LogP contribution in [0.2, 0.25) is 0 Å². The van der Waals surface area contributed by atoms with Crippen LogP contribution < -0.4 is 0 Å². The molecule has 0 N–H and O–H groups in total. The quantitative estimate of drug-likeness (QED) is 0.281. The second-order valence-electron chi connectivity index (χ2n) is 10.6. The average Bonchev–Trinajstić information content (AvgIpc) is 2.72. The Kier molecular flexibility index (Phi) is 12.1. The van der Waals surface area contributed by atoms with Gasteiger partial charge in [0.1, 0.15) is 0 Å². The van der Waals surface area contributed by atoms with Crippen LogP contribution in [0.4, 0.5) is 0 Å². The topological polar surface area (TPSA) is 0 Å². The van der Waals surface area contributed by atoms with Gasteiger partial charge in [0.2, 0.25) is 0 Å². The Morgan fingerprint density at radius 1 is 0.593 bits per heavy atom. The first-order chi connectivity index (χ1) is 13.2. The van der Waals surface area contributed by atoms with Gasteiger partial charge in [-0.25, -0.2) is 0 Å². The second kappa shape index (κ2) is 14.1. The maximum Gasteiger partial charge on any atom is -0.0386 e. The molecule has 2 saturated carbocycles. The summed E-state index contributed by atoms with van der Waals surface area (Å²) in [6.07, 6.45) is 28.5. The first-order valence-electron chi connectivity index (χ1n) is 13.2. The lowest BCUT2D eigenvalue weighted by molar-refractivity contribution is 0.225. The summed E-state index contributed by atoms with van der Waals surface area (Å²) in [4.78, 5) is 0. The first kappa shape index (κ1) is 23.3. The molecule has 0 heteroatoms. The third-order valence-electron chi connectivity index (χ3n) is 8.43. The highest BCUT2D eigenvalue weighted by molar-refractivity contribution is 4.74. The average molecular weight is 377 g/mol. The predicted octanol–water partition coefficient (Wildman–Crippen LogP) is 9.57. The summed E-state index contributed by atoms with van der Waals surface area (Å²) in [7, 11) is 0. The largest absolute Gasteiger partial charge is 0.0651 e. The van der Waals surface area contributed by atoms with Crippen LogP contribution in [0, 0.1) is 29.6 Å². The predicted molar refractivity (Wildman–Crippen MR) is 122 cm³/mol. The standard InChI is InChI=1S/C27H52/c1-4-25(27-19-13-8-14-20-27)16-10-6-5-9-15-23(2)21-22-24(3)26-17-11-7-12-18-26/h23-27H,4-22H2,1-3H3. The van der Waals surface area contributed by atoms with Gasteiger partial charge in [-0.3, -0.25) is 0 Å². The molecule has 0 bridgehead atoms. The molecule has 2 aliphatic carbocycles. The van der Waals surface area contributed by atoms with Gasteiger partial charge in [-0.2, -0.15) is 0 Å². The Hall–Kier alpha value is 0. The minimum absolute atomic E-state index is 0.960. The molecule has 0 aromatic carbocycles. The fraction of sp³-hybridized carbons (Fsp3) is 1.00. The third-order valence-corrected chi connectivity index (χ3v) is 8.43. The molecule has 0 aliphatic heterocycles. The third kappa shape index (κ3) is 9.36. The van der Waals surface area contributed by atoms with Crippen LogP contribution in [-0.4, -0.2) is 0 Å². The number of unbranched alkanes of at least 4 members (excludes halogenated alkanes) is 3. The zero-order valence-corrected chi connectivity index (χ0v) is 19.3. The van der Waals surface area contributed by atoms with Crippen molar-refractivity contribution in [3.63, 3.8) is 0 Å². The molecule has 0 aromatic rings. The fourth-order valence-electron chi connectivity index (χ4n) is 6.26. The van der Waals surface area contributed by atoms with Crippen molar-refractivity contribution in [2.24, 2.45) is 29.6 Å². The number of hydrogen-bond donors (Lipinski definition) is 0. The van der Waals surface area contributed by atoms with Gasteiger partial charge in [0.25, 0.3) is 0 Å². The smallest absolute Gasteiger partial charge is 0.0386 e. The lowest BCUT2D eigenvalue weighted by atomic mass is 9.76.